The van der Waals surface area contributed by atoms with Crippen molar-refractivity contribution in [1.82, 2.24) is 9.97 Å². The lowest BCUT2D eigenvalue weighted by Gasteiger charge is -2.19. The first-order valence-corrected chi connectivity index (χ1v) is 8.39. The van der Waals surface area contributed by atoms with Crippen LogP contribution in [0.15, 0.2) is 28.7 Å². The molecule has 1 aromatic carbocycles. The Kier molecular flexibility index (Phi) is 5.77. The number of halogens is 1. The van der Waals surface area contributed by atoms with Gasteiger partial charge in [0, 0.05) is 29.8 Å². The van der Waals surface area contributed by atoms with Crippen LogP contribution in [0, 0.1) is 13.8 Å². The van der Waals surface area contributed by atoms with E-state index in [1.54, 1.807) is 0 Å². The largest absolute Gasteiger partial charge is 0.360 e. The van der Waals surface area contributed by atoms with E-state index in [4.69, 9.17) is 0 Å². The fourth-order valence-corrected chi connectivity index (χ4v) is 2.44. The third-order valence-electron chi connectivity index (χ3n) is 3.49. The zero-order valence-electron chi connectivity index (χ0n) is 13.7. The standard InChI is InChI=1S/C17H23BrN4/c1-5-6-9-22(4)17-11-16(19-13(3)20-17)21-14-7-8-15(18)12(2)10-14/h7-8,10-11H,5-6,9H2,1-4H3,(H,19,20,21). The van der Waals surface area contributed by atoms with E-state index < -0.39 is 0 Å². The highest BCUT2D eigenvalue weighted by Gasteiger charge is 2.07. The maximum Gasteiger partial charge on any atom is 0.136 e. The Labute approximate surface area is 141 Å². The van der Waals surface area contributed by atoms with Gasteiger partial charge in [-0.25, -0.2) is 9.97 Å². The Bertz CT molecular complexity index is 643. The van der Waals surface area contributed by atoms with Crippen LogP contribution in [0.25, 0.3) is 0 Å². The van der Waals surface area contributed by atoms with E-state index in [0.29, 0.717) is 0 Å². The molecule has 0 unspecified atom stereocenters. The molecule has 4 nitrogen and oxygen atoms in total. The van der Waals surface area contributed by atoms with Gasteiger partial charge < -0.3 is 10.2 Å². The van der Waals surface area contributed by atoms with Crippen molar-refractivity contribution in [1.29, 1.82) is 0 Å². The van der Waals surface area contributed by atoms with E-state index in [1.165, 1.54) is 12.0 Å². The van der Waals surface area contributed by atoms with Crippen LogP contribution in [0.2, 0.25) is 0 Å². The molecule has 2 rings (SSSR count). The van der Waals surface area contributed by atoms with Crippen molar-refractivity contribution in [2.75, 3.05) is 23.8 Å². The first-order chi connectivity index (χ1) is 10.5. The van der Waals surface area contributed by atoms with E-state index in [2.05, 4.69) is 63.1 Å². The minimum absolute atomic E-state index is 0.775. The number of nitrogens with one attached hydrogen (secondary N) is 1. The highest BCUT2D eigenvalue weighted by molar-refractivity contribution is 9.10. The molecule has 0 radical (unpaired) electrons. The molecule has 118 valence electrons. The highest BCUT2D eigenvalue weighted by Crippen LogP contribution is 2.23. The lowest BCUT2D eigenvalue weighted by Crippen LogP contribution is -2.20. The van der Waals surface area contributed by atoms with Crippen molar-refractivity contribution in [3.8, 4) is 0 Å². The Morgan fingerprint density at radius 3 is 2.64 bits per heavy atom. The molecule has 2 aromatic rings. The van der Waals surface area contributed by atoms with Crippen molar-refractivity contribution in [3.05, 3.63) is 40.1 Å². The fraction of sp³-hybridized carbons (Fsp3) is 0.412. The summed E-state index contributed by atoms with van der Waals surface area (Å²) in [5, 5.41) is 3.37. The van der Waals surface area contributed by atoms with E-state index in [9.17, 15) is 0 Å². The molecule has 22 heavy (non-hydrogen) atoms. The van der Waals surface area contributed by atoms with E-state index in [-0.39, 0.29) is 0 Å². The Balaban J connectivity index is 2.20. The third kappa shape index (κ3) is 4.44. The van der Waals surface area contributed by atoms with Gasteiger partial charge in [-0.2, -0.15) is 0 Å². The lowest BCUT2D eigenvalue weighted by molar-refractivity contribution is 0.756. The van der Waals surface area contributed by atoms with Crippen LogP contribution in [0.5, 0.6) is 0 Å². The number of hydrogen-bond acceptors (Lipinski definition) is 4. The van der Waals surface area contributed by atoms with Crippen molar-refractivity contribution >= 4 is 33.3 Å². The van der Waals surface area contributed by atoms with Gasteiger partial charge in [-0.3, -0.25) is 0 Å². The second-order valence-electron chi connectivity index (χ2n) is 5.52. The number of benzene rings is 1. The molecule has 0 saturated carbocycles. The van der Waals surface area contributed by atoms with Gasteiger partial charge in [0.05, 0.1) is 0 Å². The molecule has 0 aliphatic rings. The average Bonchev–Trinajstić information content (AvgIpc) is 2.48. The molecule has 5 heteroatoms. The molecule has 1 aromatic heterocycles. The summed E-state index contributed by atoms with van der Waals surface area (Å²) in [4.78, 5) is 11.2. The second kappa shape index (κ2) is 7.58. The van der Waals surface area contributed by atoms with Gasteiger partial charge in [-0.05, 0) is 44.0 Å². The van der Waals surface area contributed by atoms with E-state index in [0.717, 1.165) is 40.6 Å². The second-order valence-corrected chi connectivity index (χ2v) is 6.38. The summed E-state index contributed by atoms with van der Waals surface area (Å²) in [6.45, 7) is 7.20. The average molecular weight is 363 g/mol. The van der Waals surface area contributed by atoms with Gasteiger partial charge in [0.25, 0.3) is 0 Å². The number of rotatable bonds is 6. The lowest BCUT2D eigenvalue weighted by atomic mass is 10.2. The molecule has 0 bridgehead atoms. The normalized spacial score (nSPS) is 10.6. The van der Waals surface area contributed by atoms with Gasteiger partial charge in [0.2, 0.25) is 0 Å². The van der Waals surface area contributed by atoms with Crippen LogP contribution in [0.3, 0.4) is 0 Å². The molecule has 1 N–H and O–H groups in total. The van der Waals surface area contributed by atoms with Crippen LogP contribution >= 0.6 is 15.9 Å². The molecule has 0 fully saturated rings. The van der Waals surface area contributed by atoms with Crippen molar-refractivity contribution < 1.29 is 0 Å². The van der Waals surface area contributed by atoms with Gasteiger partial charge in [0.15, 0.2) is 0 Å². The Morgan fingerprint density at radius 1 is 1.18 bits per heavy atom. The number of aryl methyl sites for hydroxylation is 2. The van der Waals surface area contributed by atoms with Crippen molar-refractivity contribution in [2.24, 2.45) is 0 Å². The number of nitrogens with zero attached hydrogens (tertiary/aromatic N) is 3. The summed E-state index contributed by atoms with van der Waals surface area (Å²) >= 11 is 3.52. The highest BCUT2D eigenvalue weighted by atomic mass is 79.9. The number of hydrogen-bond donors (Lipinski definition) is 1. The van der Waals surface area contributed by atoms with Gasteiger partial charge in [-0.1, -0.05) is 29.3 Å². The first kappa shape index (κ1) is 16.7. The van der Waals surface area contributed by atoms with Gasteiger partial charge in [-0.15, -0.1) is 0 Å². The predicted octanol–water partition coefficient (Wildman–Crippen LogP) is 4.84. The van der Waals surface area contributed by atoms with E-state index in [1.807, 2.05) is 25.1 Å². The monoisotopic (exact) mass is 362 g/mol. The van der Waals surface area contributed by atoms with Crippen LogP contribution in [-0.2, 0) is 0 Å². The number of anilines is 3. The van der Waals surface area contributed by atoms with Crippen molar-refractivity contribution in [3.63, 3.8) is 0 Å². The molecule has 0 aliphatic carbocycles. The minimum atomic E-state index is 0.775. The minimum Gasteiger partial charge on any atom is -0.360 e. The van der Waals surface area contributed by atoms with Crippen LogP contribution in [-0.4, -0.2) is 23.6 Å². The van der Waals surface area contributed by atoms with Crippen LogP contribution < -0.4 is 10.2 Å². The van der Waals surface area contributed by atoms with Crippen molar-refractivity contribution in [2.45, 2.75) is 33.6 Å². The Morgan fingerprint density at radius 2 is 1.95 bits per heavy atom. The first-order valence-electron chi connectivity index (χ1n) is 7.59. The molecule has 0 atom stereocenters. The summed E-state index contributed by atoms with van der Waals surface area (Å²) < 4.78 is 1.11. The molecular weight excluding hydrogens is 340 g/mol. The quantitative estimate of drug-likeness (QED) is 0.798. The Hall–Kier alpha value is -1.62. The van der Waals surface area contributed by atoms with Crippen LogP contribution in [0.4, 0.5) is 17.3 Å². The fourth-order valence-electron chi connectivity index (χ4n) is 2.19. The summed E-state index contributed by atoms with van der Waals surface area (Å²) in [6, 6.07) is 8.18. The molecule has 0 spiro atoms. The smallest absolute Gasteiger partial charge is 0.136 e. The van der Waals surface area contributed by atoms with Gasteiger partial charge in [0.1, 0.15) is 17.5 Å². The van der Waals surface area contributed by atoms with E-state index >= 15 is 0 Å². The molecule has 0 amide bonds. The summed E-state index contributed by atoms with van der Waals surface area (Å²) in [5.74, 6) is 2.56. The summed E-state index contributed by atoms with van der Waals surface area (Å²) in [5.41, 5.74) is 2.22. The topological polar surface area (TPSA) is 41.0 Å². The molecular formula is C17H23BrN4. The zero-order valence-corrected chi connectivity index (χ0v) is 15.2. The summed E-state index contributed by atoms with van der Waals surface area (Å²) in [7, 11) is 2.07. The summed E-state index contributed by atoms with van der Waals surface area (Å²) in [6.07, 6.45) is 2.34. The SMILES string of the molecule is CCCCN(C)c1cc(Nc2ccc(Br)c(C)c2)nc(C)n1. The maximum atomic E-state index is 4.53. The third-order valence-corrected chi connectivity index (χ3v) is 4.38. The maximum absolute atomic E-state index is 4.53. The molecule has 0 saturated heterocycles. The number of aromatic nitrogens is 2. The number of unbranched alkanes of at least 4 members (excludes halogenated alkanes) is 1. The van der Waals surface area contributed by atoms with Crippen LogP contribution in [0.1, 0.15) is 31.2 Å². The molecule has 1 heterocycles. The predicted molar refractivity (Wildman–Crippen MR) is 97.1 cm³/mol. The zero-order chi connectivity index (χ0) is 16.1. The van der Waals surface area contributed by atoms with Gasteiger partial charge >= 0.3 is 0 Å². The molecule has 0 aliphatic heterocycles.